The van der Waals surface area contributed by atoms with Crippen LogP contribution in [-0.4, -0.2) is 20.3 Å². The smallest absolute Gasteiger partial charge is 0.161 e. The minimum absolute atomic E-state index is 0.150. The van der Waals surface area contributed by atoms with Crippen LogP contribution in [-0.2, 0) is 0 Å². The van der Waals surface area contributed by atoms with E-state index < -0.39 is 0 Å². The van der Waals surface area contributed by atoms with Crippen LogP contribution in [0.15, 0.2) is 42.5 Å². The molecule has 4 heteroatoms. The Labute approximate surface area is 130 Å². The molecule has 0 aliphatic heterocycles. The molecule has 0 aromatic heterocycles. The Morgan fingerprint density at radius 3 is 2.45 bits per heavy atom. The van der Waals surface area contributed by atoms with E-state index in [0.29, 0.717) is 13.2 Å². The lowest BCUT2D eigenvalue weighted by atomic mass is 9.96. The highest BCUT2D eigenvalue weighted by Gasteiger charge is 2.11. The first kappa shape index (κ1) is 16.3. The average Bonchev–Trinajstić information content (AvgIpc) is 2.53. The molecule has 0 spiro atoms. The monoisotopic (exact) mass is 303 g/mol. The lowest BCUT2D eigenvalue weighted by Gasteiger charge is -2.17. The number of methoxy groups -OCH3 is 1. The van der Waals surface area contributed by atoms with Crippen molar-refractivity contribution in [1.82, 2.24) is 0 Å². The van der Waals surface area contributed by atoms with Gasteiger partial charge in [-0.2, -0.15) is 0 Å². The van der Waals surface area contributed by atoms with E-state index in [4.69, 9.17) is 15.2 Å². The second kappa shape index (κ2) is 7.80. The van der Waals surface area contributed by atoms with E-state index in [1.807, 2.05) is 25.1 Å². The summed E-state index contributed by atoms with van der Waals surface area (Å²) in [7, 11) is 1.63. The van der Waals surface area contributed by atoms with Gasteiger partial charge in [-0.25, -0.2) is 4.39 Å². The number of hydrogen-bond donors (Lipinski definition) is 1. The molecule has 0 saturated heterocycles. The molecule has 2 aromatic rings. The maximum absolute atomic E-state index is 13.0. The molecule has 0 saturated carbocycles. The fourth-order valence-corrected chi connectivity index (χ4v) is 2.36. The van der Waals surface area contributed by atoms with Gasteiger partial charge in [0.2, 0.25) is 0 Å². The third-order valence-electron chi connectivity index (χ3n) is 3.67. The van der Waals surface area contributed by atoms with Crippen LogP contribution in [0.25, 0.3) is 0 Å². The lowest BCUT2D eigenvalue weighted by Crippen LogP contribution is -2.15. The maximum Gasteiger partial charge on any atom is 0.161 e. The predicted molar refractivity (Wildman–Crippen MR) is 86.0 cm³/mol. The van der Waals surface area contributed by atoms with Gasteiger partial charge in [0.1, 0.15) is 5.82 Å². The molecule has 0 bridgehead atoms. The predicted octanol–water partition coefficient (Wildman–Crippen LogP) is 3.65. The standard InChI is InChI=1S/C18H22FNO2/c1-13-3-8-17(18(11-13)21-2)22-10-9-15(12-20)14-4-6-16(19)7-5-14/h3-8,11,15H,9-10,12,20H2,1-2H3. The molecule has 0 amide bonds. The summed E-state index contributed by atoms with van der Waals surface area (Å²) in [5, 5.41) is 0. The van der Waals surface area contributed by atoms with Crippen molar-refractivity contribution in [2.45, 2.75) is 19.3 Å². The number of nitrogens with two attached hydrogens (primary N) is 1. The van der Waals surface area contributed by atoms with Gasteiger partial charge in [-0.1, -0.05) is 18.2 Å². The third-order valence-corrected chi connectivity index (χ3v) is 3.67. The Hall–Kier alpha value is -2.07. The van der Waals surface area contributed by atoms with Gasteiger partial charge >= 0.3 is 0 Å². The van der Waals surface area contributed by atoms with Crippen LogP contribution in [0.5, 0.6) is 11.5 Å². The Morgan fingerprint density at radius 1 is 1.09 bits per heavy atom. The topological polar surface area (TPSA) is 44.5 Å². The van der Waals surface area contributed by atoms with Gasteiger partial charge in [0.05, 0.1) is 13.7 Å². The fourth-order valence-electron chi connectivity index (χ4n) is 2.36. The summed E-state index contributed by atoms with van der Waals surface area (Å²) < 4.78 is 24.1. The molecule has 0 aliphatic carbocycles. The Bertz CT molecular complexity index is 599. The second-order valence-corrected chi connectivity index (χ2v) is 5.28. The van der Waals surface area contributed by atoms with Gasteiger partial charge in [-0.05, 0) is 61.2 Å². The molecule has 22 heavy (non-hydrogen) atoms. The van der Waals surface area contributed by atoms with Crippen molar-refractivity contribution in [3.8, 4) is 11.5 Å². The zero-order valence-electron chi connectivity index (χ0n) is 13.0. The summed E-state index contributed by atoms with van der Waals surface area (Å²) in [4.78, 5) is 0. The van der Waals surface area contributed by atoms with Gasteiger partial charge in [0.25, 0.3) is 0 Å². The molecule has 2 N–H and O–H groups in total. The molecule has 1 atom stereocenters. The van der Waals surface area contributed by atoms with Gasteiger partial charge < -0.3 is 15.2 Å². The van der Waals surface area contributed by atoms with Crippen LogP contribution in [0.2, 0.25) is 0 Å². The van der Waals surface area contributed by atoms with E-state index in [1.54, 1.807) is 19.2 Å². The highest BCUT2D eigenvalue weighted by molar-refractivity contribution is 5.42. The van der Waals surface area contributed by atoms with Gasteiger partial charge in [0, 0.05) is 0 Å². The third kappa shape index (κ3) is 4.21. The van der Waals surface area contributed by atoms with Gasteiger partial charge in [0.15, 0.2) is 11.5 Å². The summed E-state index contributed by atoms with van der Waals surface area (Å²) in [5.41, 5.74) is 7.98. The Kier molecular flexibility index (Phi) is 5.78. The van der Waals surface area contributed by atoms with Crippen LogP contribution < -0.4 is 15.2 Å². The highest BCUT2D eigenvalue weighted by atomic mass is 19.1. The SMILES string of the molecule is COc1cc(C)ccc1OCCC(CN)c1ccc(F)cc1. The first-order valence-corrected chi connectivity index (χ1v) is 7.37. The van der Waals surface area contributed by atoms with Crippen molar-refractivity contribution in [3.63, 3.8) is 0 Å². The van der Waals surface area contributed by atoms with Crippen LogP contribution in [0, 0.1) is 12.7 Å². The van der Waals surface area contributed by atoms with Crippen molar-refractivity contribution < 1.29 is 13.9 Å². The van der Waals surface area contributed by atoms with E-state index in [1.165, 1.54) is 12.1 Å². The van der Waals surface area contributed by atoms with E-state index in [-0.39, 0.29) is 11.7 Å². The molecule has 0 radical (unpaired) electrons. The minimum Gasteiger partial charge on any atom is -0.493 e. The van der Waals surface area contributed by atoms with E-state index in [0.717, 1.165) is 29.0 Å². The molecule has 0 fully saturated rings. The number of aryl methyl sites for hydroxylation is 1. The molecular formula is C18H22FNO2. The molecule has 0 heterocycles. The van der Waals surface area contributed by atoms with Crippen LogP contribution in [0.4, 0.5) is 4.39 Å². The van der Waals surface area contributed by atoms with Crippen molar-refractivity contribution in [1.29, 1.82) is 0 Å². The summed E-state index contributed by atoms with van der Waals surface area (Å²) in [6.45, 7) is 3.03. The second-order valence-electron chi connectivity index (χ2n) is 5.28. The first-order valence-electron chi connectivity index (χ1n) is 7.37. The number of hydrogen-bond acceptors (Lipinski definition) is 3. The van der Waals surface area contributed by atoms with Crippen molar-refractivity contribution in [3.05, 3.63) is 59.4 Å². The van der Waals surface area contributed by atoms with Crippen molar-refractivity contribution >= 4 is 0 Å². The van der Waals surface area contributed by atoms with Crippen molar-refractivity contribution in [2.24, 2.45) is 5.73 Å². The number of ether oxygens (including phenoxy) is 2. The zero-order chi connectivity index (χ0) is 15.9. The molecule has 2 rings (SSSR count). The largest absolute Gasteiger partial charge is 0.493 e. The van der Waals surface area contributed by atoms with Gasteiger partial charge in [-0.15, -0.1) is 0 Å². The van der Waals surface area contributed by atoms with E-state index in [9.17, 15) is 4.39 Å². The van der Waals surface area contributed by atoms with Gasteiger partial charge in [-0.3, -0.25) is 0 Å². The highest BCUT2D eigenvalue weighted by Crippen LogP contribution is 2.28. The summed E-state index contributed by atoms with van der Waals surface area (Å²) in [5.74, 6) is 1.37. The molecule has 2 aromatic carbocycles. The van der Waals surface area contributed by atoms with Crippen LogP contribution in [0.1, 0.15) is 23.5 Å². The zero-order valence-corrected chi connectivity index (χ0v) is 13.0. The molecule has 0 aliphatic rings. The first-order chi connectivity index (χ1) is 10.6. The lowest BCUT2D eigenvalue weighted by molar-refractivity contribution is 0.280. The van der Waals surface area contributed by atoms with E-state index in [2.05, 4.69) is 0 Å². The summed E-state index contributed by atoms with van der Waals surface area (Å²) in [6.07, 6.45) is 0.763. The van der Waals surface area contributed by atoms with E-state index >= 15 is 0 Å². The van der Waals surface area contributed by atoms with Crippen LogP contribution in [0.3, 0.4) is 0 Å². The number of rotatable bonds is 7. The quantitative estimate of drug-likeness (QED) is 0.849. The summed E-state index contributed by atoms with van der Waals surface area (Å²) in [6, 6.07) is 12.3. The number of benzene rings is 2. The van der Waals surface area contributed by atoms with Crippen molar-refractivity contribution in [2.75, 3.05) is 20.3 Å². The van der Waals surface area contributed by atoms with Crippen LogP contribution >= 0.6 is 0 Å². The normalized spacial score (nSPS) is 12.0. The Morgan fingerprint density at radius 2 is 1.82 bits per heavy atom. The number of halogens is 1. The average molecular weight is 303 g/mol. The fraction of sp³-hybridized carbons (Fsp3) is 0.333. The molecule has 1 unspecified atom stereocenters. The molecular weight excluding hydrogens is 281 g/mol. The molecule has 118 valence electrons. The Balaban J connectivity index is 1.95. The molecule has 3 nitrogen and oxygen atoms in total. The summed E-state index contributed by atoms with van der Waals surface area (Å²) >= 11 is 0. The minimum atomic E-state index is -0.236. The maximum atomic E-state index is 13.0.